The van der Waals surface area contributed by atoms with Gasteiger partial charge in [0.25, 0.3) is 0 Å². The number of hydrogen-bond acceptors (Lipinski definition) is 4. The van der Waals surface area contributed by atoms with Crippen molar-refractivity contribution in [2.75, 3.05) is 13.2 Å². The van der Waals surface area contributed by atoms with Crippen LogP contribution in [0.25, 0.3) is 0 Å². The number of hydrogen-bond donors (Lipinski definition) is 0. The van der Waals surface area contributed by atoms with Crippen molar-refractivity contribution < 1.29 is 19.0 Å². The molecule has 4 nitrogen and oxygen atoms in total. The fraction of sp³-hybridized carbons (Fsp3) is 0.519. The average molecular weight is 425 g/mol. The fourth-order valence-electron chi connectivity index (χ4n) is 4.08. The van der Waals surface area contributed by atoms with Crippen LogP contribution in [0.4, 0.5) is 0 Å². The molecule has 2 atom stereocenters. The Kier molecular flexibility index (Phi) is 8.96. The van der Waals surface area contributed by atoms with Gasteiger partial charge in [0.1, 0.15) is 12.4 Å². The van der Waals surface area contributed by atoms with Crippen LogP contribution in [0.5, 0.6) is 5.75 Å². The van der Waals surface area contributed by atoms with Gasteiger partial charge < -0.3 is 14.2 Å². The third kappa shape index (κ3) is 7.10. The lowest BCUT2D eigenvalue weighted by Crippen LogP contribution is -2.21. The molecule has 0 N–H and O–H groups in total. The third-order valence-electron chi connectivity index (χ3n) is 6.26. The van der Waals surface area contributed by atoms with Crippen LogP contribution >= 0.6 is 0 Å². The minimum absolute atomic E-state index is 0.353. The molecule has 31 heavy (non-hydrogen) atoms. The van der Waals surface area contributed by atoms with Crippen molar-refractivity contribution in [3.63, 3.8) is 0 Å². The van der Waals surface area contributed by atoms with E-state index in [9.17, 15) is 4.79 Å². The summed E-state index contributed by atoms with van der Waals surface area (Å²) in [6.07, 6.45) is 7.09. The largest absolute Gasteiger partial charge is 0.491 e. The van der Waals surface area contributed by atoms with E-state index in [1.165, 1.54) is 43.2 Å². The van der Waals surface area contributed by atoms with Crippen molar-refractivity contribution in [2.45, 2.75) is 77.4 Å². The highest BCUT2D eigenvalue weighted by Gasteiger charge is 2.15. The van der Waals surface area contributed by atoms with Gasteiger partial charge in [-0.15, -0.1) is 0 Å². The van der Waals surface area contributed by atoms with Crippen molar-refractivity contribution >= 4 is 5.97 Å². The Hall–Kier alpha value is -2.33. The van der Waals surface area contributed by atoms with Crippen LogP contribution < -0.4 is 4.74 Å². The van der Waals surface area contributed by atoms with Gasteiger partial charge in [-0.1, -0.05) is 57.4 Å². The topological polar surface area (TPSA) is 44.8 Å². The number of carbonyl (C=O) groups is 1. The van der Waals surface area contributed by atoms with Crippen molar-refractivity contribution in [1.82, 2.24) is 0 Å². The molecule has 0 aliphatic heterocycles. The summed E-state index contributed by atoms with van der Waals surface area (Å²) >= 11 is 0. The Bertz CT molecular complexity index is 791. The monoisotopic (exact) mass is 424 g/mol. The molecule has 1 aliphatic carbocycles. The van der Waals surface area contributed by atoms with E-state index in [1.54, 1.807) is 6.92 Å². The Morgan fingerprint density at radius 1 is 0.935 bits per heavy atom. The Morgan fingerprint density at radius 2 is 1.61 bits per heavy atom. The van der Waals surface area contributed by atoms with Gasteiger partial charge in [0.2, 0.25) is 6.29 Å². The Morgan fingerprint density at radius 3 is 2.26 bits per heavy atom. The molecule has 0 spiro atoms. The minimum Gasteiger partial charge on any atom is -0.491 e. The van der Waals surface area contributed by atoms with E-state index in [0.29, 0.717) is 30.6 Å². The summed E-state index contributed by atoms with van der Waals surface area (Å²) in [4.78, 5) is 12.3. The molecular formula is C27H36O4. The lowest BCUT2D eigenvalue weighted by atomic mass is 9.84. The van der Waals surface area contributed by atoms with Crippen molar-refractivity contribution in [3.8, 4) is 5.75 Å². The van der Waals surface area contributed by atoms with Crippen LogP contribution in [0.1, 0.15) is 92.6 Å². The molecule has 0 amide bonds. The van der Waals surface area contributed by atoms with Crippen LogP contribution in [-0.2, 0) is 9.47 Å². The van der Waals surface area contributed by atoms with Crippen LogP contribution in [-0.4, -0.2) is 25.5 Å². The summed E-state index contributed by atoms with van der Waals surface area (Å²) in [5.74, 6) is 1.65. The fourth-order valence-corrected chi connectivity index (χ4v) is 4.08. The molecule has 0 heterocycles. The Balaban J connectivity index is 1.36. The molecule has 3 rings (SSSR count). The van der Waals surface area contributed by atoms with E-state index in [-0.39, 0.29) is 5.97 Å². The van der Waals surface area contributed by atoms with Crippen molar-refractivity contribution in [2.24, 2.45) is 0 Å². The molecule has 1 aliphatic rings. The molecule has 0 bridgehead atoms. The number of esters is 1. The smallest absolute Gasteiger partial charge is 0.340 e. The van der Waals surface area contributed by atoms with Gasteiger partial charge in [-0.25, -0.2) is 4.79 Å². The molecule has 2 aromatic rings. The molecule has 0 saturated heterocycles. The summed E-state index contributed by atoms with van der Waals surface area (Å²) in [6.45, 7) is 6.82. The molecule has 1 saturated carbocycles. The highest BCUT2D eigenvalue weighted by atomic mass is 16.7. The lowest BCUT2D eigenvalue weighted by molar-refractivity contribution is -0.103. The second kappa shape index (κ2) is 11.9. The lowest BCUT2D eigenvalue weighted by Gasteiger charge is -2.22. The summed E-state index contributed by atoms with van der Waals surface area (Å²) in [7, 11) is 0. The number of rotatable bonds is 10. The SMILES string of the molecule is CCC(C)c1ccc(C(=O)OC(C)OCCOc2ccc(C3CCCCC3)cc2)cc1. The predicted octanol–water partition coefficient (Wildman–Crippen LogP) is 6.85. The highest BCUT2D eigenvalue weighted by Crippen LogP contribution is 2.33. The Labute approximate surface area is 186 Å². The summed E-state index contributed by atoms with van der Waals surface area (Å²) < 4.78 is 16.7. The third-order valence-corrected chi connectivity index (χ3v) is 6.26. The molecular weight excluding hydrogens is 388 g/mol. The van der Waals surface area contributed by atoms with Crippen LogP contribution in [0.15, 0.2) is 48.5 Å². The molecule has 4 heteroatoms. The highest BCUT2D eigenvalue weighted by molar-refractivity contribution is 5.89. The maximum absolute atomic E-state index is 12.3. The second-order valence-electron chi connectivity index (χ2n) is 8.53. The van der Waals surface area contributed by atoms with E-state index in [0.717, 1.165) is 12.2 Å². The molecule has 168 valence electrons. The number of benzene rings is 2. The summed E-state index contributed by atoms with van der Waals surface area (Å²) in [5.41, 5.74) is 3.19. The summed E-state index contributed by atoms with van der Waals surface area (Å²) in [5, 5.41) is 0. The maximum Gasteiger partial charge on any atom is 0.340 e. The van der Waals surface area contributed by atoms with E-state index in [4.69, 9.17) is 14.2 Å². The van der Waals surface area contributed by atoms with Gasteiger partial charge in [0, 0.05) is 0 Å². The van der Waals surface area contributed by atoms with Gasteiger partial charge >= 0.3 is 5.97 Å². The number of carbonyl (C=O) groups excluding carboxylic acids is 1. The normalized spacial score (nSPS) is 16.5. The molecule has 2 unspecified atom stereocenters. The minimum atomic E-state index is -0.626. The first-order chi connectivity index (χ1) is 15.1. The van der Waals surface area contributed by atoms with E-state index in [1.807, 2.05) is 36.4 Å². The molecule has 0 aromatic heterocycles. The summed E-state index contributed by atoms with van der Waals surface area (Å²) in [6, 6.07) is 16.1. The van der Waals surface area contributed by atoms with Crippen molar-refractivity contribution in [3.05, 3.63) is 65.2 Å². The van der Waals surface area contributed by atoms with Gasteiger partial charge in [0.15, 0.2) is 0 Å². The van der Waals surface area contributed by atoms with E-state index >= 15 is 0 Å². The van der Waals surface area contributed by atoms with Crippen LogP contribution in [0.2, 0.25) is 0 Å². The second-order valence-corrected chi connectivity index (χ2v) is 8.53. The zero-order chi connectivity index (χ0) is 22.1. The standard InChI is InChI=1S/C27H36O4/c1-4-20(2)22-10-12-25(13-11-22)27(28)31-21(3)29-18-19-30-26-16-14-24(15-17-26)23-8-6-5-7-9-23/h10-17,20-21,23H,4-9,18-19H2,1-3H3. The zero-order valence-electron chi connectivity index (χ0n) is 19.1. The maximum atomic E-state index is 12.3. The van der Waals surface area contributed by atoms with Gasteiger partial charge in [-0.3, -0.25) is 0 Å². The quantitative estimate of drug-likeness (QED) is 0.238. The number of ether oxygens (including phenoxy) is 3. The first-order valence-corrected chi connectivity index (χ1v) is 11.7. The first-order valence-electron chi connectivity index (χ1n) is 11.7. The van der Waals surface area contributed by atoms with E-state index < -0.39 is 6.29 Å². The molecule has 2 aromatic carbocycles. The zero-order valence-corrected chi connectivity index (χ0v) is 19.1. The van der Waals surface area contributed by atoms with E-state index in [2.05, 4.69) is 26.0 Å². The van der Waals surface area contributed by atoms with Gasteiger partial charge in [-0.2, -0.15) is 0 Å². The predicted molar refractivity (Wildman–Crippen MR) is 124 cm³/mol. The average Bonchev–Trinajstić information content (AvgIpc) is 2.82. The van der Waals surface area contributed by atoms with Crippen molar-refractivity contribution in [1.29, 1.82) is 0 Å². The molecule has 1 fully saturated rings. The molecule has 0 radical (unpaired) electrons. The first kappa shape index (κ1) is 23.3. The van der Waals surface area contributed by atoms with Gasteiger partial charge in [0.05, 0.1) is 12.2 Å². The van der Waals surface area contributed by atoms with Gasteiger partial charge in [-0.05, 0) is 73.4 Å². The van der Waals surface area contributed by atoms with Crippen LogP contribution in [0.3, 0.4) is 0 Å². The van der Waals surface area contributed by atoms with Crippen LogP contribution in [0, 0.1) is 0 Å².